The zero-order valence-electron chi connectivity index (χ0n) is 12.7. The largest absolute Gasteiger partial charge is 0.452 e. The van der Waals surface area contributed by atoms with Gasteiger partial charge < -0.3 is 19.1 Å². The van der Waals surface area contributed by atoms with Crippen molar-refractivity contribution in [2.75, 3.05) is 47.1 Å². The first-order valence-corrected chi connectivity index (χ1v) is 7.56. The van der Waals surface area contributed by atoms with Gasteiger partial charge in [0.15, 0.2) is 6.61 Å². The maximum atomic E-state index is 12.1. The molecular weight excluding hydrogens is 354 g/mol. The number of esters is 1. The van der Waals surface area contributed by atoms with Gasteiger partial charge in [-0.3, -0.25) is 4.79 Å². The smallest absolute Gasteiger partial charge is 0.339 e. The Morgan fingerprint density at radius 3 is 2.23 bits per heavy atom. The van der Waals surface area contributed by atoms with Crippen LogP contribution in [0.4, 0.5) is 0 Å². The summed E-state index contributed by atoms with van der Waals surface area (Å²) in [7, 11) is 3.12. The number of ether oxygens (including phenoxy) is 3. The third-order valence-electron chi connectivity index (χ3n) is 2.90. The molecule has 1 aromatic rings. The standard InChI is InChI=1S/C15H20BrNO5/c1-20-9-7-17(8-10-21-2)14(18)11-22-15(19)12-5-3-4-6-13(12)16/h3-6H,7-11H2,1-2H3. The highest BCUT2D eigenvalue weighted by Crippen LogP contribution is 2.16. The molecule has 1 amide bonds. The number of nitrogens with zero attached hydrogens (tertiary/aromatic N) is 1. The van der Waals surface area contributed by atoms with Gasteiger partial charge in [-0.2, -0.15) is 0 Å². The van der Waals surface area contributed by atoms with E-state index in [1.54, 1.807) is 43.4 Å². The fourth-order valence-electron chi connectivity index (χ4n) is 1.69. The van der Waals surface area contributed by atoms with Gasteiger partial charge in [0, 0.05) is 31.8 Å². The maximum Gasteiger partial charge on any atom is 0.339 e. The Labute approximate surface area is 138 Å². The summed E-state index contributed by atoms with van der Waals surface area (Å²) in [5, 5.41) is 0. The molecule has 0 aliphatic rings. The summed E-state index contributed by atoms with van der Waals surface area (Å²) in [5.41, 5.74) is 0.385. The minimum Gasteiger partial charge on any atom is -0.452 e. The van der Waals surface area contributed by atoms with Crippen molar-refractivity contribution in [1.29, 1.82) is 0 Å². The Morgan fingerprint density at radius 1 is 1.09 bits per heavy atom. The fourth-order valence-corrected chi connectivity index (χ4v) is 2.13. The van der Waals surface area contributed by atoms with Gasteiger partial charge in [-0.1, -0.05) is 12.1 Å². The van der Waals surface area contributed by atoms with Crippen LogP contribution in [0.2, 0.25) is 0 Å². The van der Waals surface area contributed by atoms with E-state index >= 15 is 0 Å². The lowest BCUT2D eigenvalue weighted by Crippen LogP contribution is -2.39. The van der Waals surface area contributed by atoms with Gasteiger partial charge in [0.25, 0.3) is 5.91 Å². The fraction of sp³-hybridized carbons (Fsp3) is 0.467. The summed E-state index contributed by atoms with van der Waals surface area (Å²) in [6.45, 7) is 1.35. The number of carbonyl (C=O) groups is 2. The molecular formula is C15H20BrNO5. The number of amides is 1. The van der Waals surface area contributed by atoms with Crippen LogP contribution < -0.4 is 0 Å². The molecule has 122 valence electrons. The van der Waals surface area contributed by atoms with Crippen LogP contribution in [-0.4, -0.2) is 63.9 Å². The number of benzene rings is 1. The van der Waals surface area contributed by atoms with E-state index in [4.69, 9.17) is 14.2 Å². The molecule has 0 aromatic heterocycles. The lowest BCUT2D eigenvalue weighted by molar-refractivity contribution is -0.135. The molecule has 0 radical (unpaired) electrons. The van der Waals surface area contributed by atoms with Crippen LogP contribution in [0.3, 0.4) is 0 Å². The van der Waals surface area contributed by atoms with Crippen LogP contribution in [0.1, 0.15) is 10.4 Å². The van der Waals surface area contributed by atoms with Crippen molar-refractivity contribution in [1.82, 2.24) is 4.90 Å². The van der Waals surface area contributed by atoms with Gasteiger partial charge in [-0.05, 0) is 28.1 Å². The number of carbonyl (C=O) groups excluding carboxylic acids is 2. The number of hydrogen-bond donors (Lipinski definition) is 0. The highest BCUT2D eigenvalue weighted by Gasteiger charge is 2.17. The first kappa shape index (κ1) is 18.6. The normalized spacial score (nSPS) is 10.3. The molecule has 0 N–H and O–H groups in total. The van der Waals surface area contributed by atoms with Gasteiger partial charge in [-0.25, -0.2) is 4.79 Å². The topological polar surface area (TPSA) is 65.1 Å². The second-order valence-electron chi connectivity index (χ2n) is 4.42. The van der Waals surface area contributed by atoms with Crippen LogP contribution in [0, 0.1) is 0 Å². The molecule has 0 spiro atoms. The molecule has 0 fully saturated rings. The molecule has 0 bridgehead atoms. The third-order valence-corrected chi connectivity index (χ3v) is 3.60. The van der Waals surface area contributed by atoms with Gasteiger partial charge in [0.1, 0.15) is 0 Å². The van der Waals surface area contributed by atoms with Crippen LogP contribution in [0.25, 0.3) is 0 Å². The Morgan fingerprint density at radius 2 is 1.68 bits per heavy atom. The molecule has 1 aromatic carbocycles. The molecule has 0 aliphatic carbocycles. The summed E-state index contributed by atoms with van der Waals surface area (Å²) in [6.07, 6.45) is 0. The van der Waals surface area contributed by atoms with Crippen LogP contribution >= 0.6 is 15.9 Å². The molecule has 6 nitrogen and oxygen atoms in total. The Balaban J connectivity index is 2.54. The molecule has 22 heavy (non-hydrogen) atoms. The number of rotatable bonds is 9. The Bertz CT molecular complexity index is 487. The van der Waals surface area contributed by atoms with E-state index in [-0.39, 0.29) is 12.5 Å². The number of halogens is 1. The Hall–Kier alpha value is -1.44. The lowest BCUT2D eigenvalue weighted by atomic mass is 10.2. The van der Waals surface area contributed by atoms with Crippen LogP contribution in [0.5, 0.6) is 0 Å². The van der Waals surface area contributed by atoms with E-state index in [0.29, 0.717) is 36.3 Å². The minimum absolute atomic E-state index is 0.283. The first-order valence-electron chi connectivity index (χ1n) is 6.77. The maximum absolute atomic E-state index is 12.1. The summed E-state index contributed by atoms with van der Waals surface area (Å²) >= 11 is 3.27. The molecule has 7 heteroatoms. The summed E-state index contributed by atoms with van der Waals surface area (Å²) < 4.78 is 15.6. The zero-order valence-corrected chi connectivity index (χ0v) is 14.3. The van der Waals surface area contributed by atoms with E-state index in [1.807, 2.05) is 0 Å². The van der Waals surface area contributed by atoms with Crippen molar-refractivity contribution in [3.63, 3.8) is 0 Å². The van der Waals surface area contributed by atoms with E-state index in [0.717, 1.165) is 0 Å². The van der Waals surface area contributed by atoms with E-state index in [9.17, 15) is 9.59 Å². The highest BCUT2D eigenvalue weighted by molar-refractivity contribution is 9.10. The van der Waals surface area contributed by atoms with Gasteiger partial charge in [0.2, 0.25) is 0 Å². The van der Waals surface area contributed by atoms with Gasteiger partial charge >= 0.3 is 5.97 Å². The summed E-state index contributed by atoms with van der Waals surface area (Å²) in [6, 6.07) is 6.89. The van der Waals surface area contributed by atoms with Crippen molar-refractivity contribution in [3.8, 4) is 0 Å². The third kappa shape index (κ3) is 6.13. The van der Waals surface area contributed by atoms with Gasteiger partial charge in [0.05, 0.1) is 18.8 Å². The van der Waals surface area contributed by atoms with E-state index in [1.165, 1.54) is 0 Å². The minimum atomic E-state index is -0.542. The molecule has 0 unspecified atom stereocenters. The highest BCUT2D eigenvalue weighted by atomic mass is 79.9. The SMILES string of the molecule is COCCN(CCOC)C(=O)COC(=O)c1ccccc1Br. The second-order valence-corrected chi connectivity index (χ2v) is 5.28. The van der Waals surface area contributed by atoms with Crippen molar-refractivity contribution in [2.45, 2.75) is 0 Å². The lowest BCUT2D eigenvalue weighted by Gasteiger charge is -2.21. The molecule has 0 heterocycles. The van der Waals surface area contributed by atoms with Crippen LogP contribution in [-0.2, 0) is 19.0 Å². The van der Waals surface area contributed by atoms with Crippen molar-refractivity contribution in [2.24, 2.45) is 0 Å². The predicted molar refractivity (Wildman–Crippen MR) is 84.8 cm³/mol. The van der Waals surface area contributed by atoms with Crippen molar-refractivity contribution in [3.05, 3.63) is 34.3 Å². The van der Waals surface area contributed by atoms with E-state index in [2.05, 4.69) is 15.9 Å². The molecule has 0 atom stereocenters. The molecule has 1 rings (SSSR count). The average molecular weight is 374 g/mol. The van der Waals surface area contributed by atoms with Crippen molar-refractivity contribution < 1.29 is 23.8 Å². The van der Waals surface area contributed by atoms with Crippen LogP contribution in [0.15, 0.2) is 28.7 Å². The number of hydrogen-bond acceptors (Lipinski definition) is 5. The predicted octanol–water partition coefficient (Wildman–Crippen LogP) is 1.73. The Kier molecular flexibility index (Phi) is 8.72. The molecule has 0 saturated carbocycles. The second kappa shape index (κ2) is 10.3. The van der Waals surface area contributed by atoms with Gasteiger partial charge in [-0.15, -0.1) is 0 Å². The average Bonchev–Trinajstić information content (AvgIpc) is 2.53. The van der Waals surface area contributed by atoms with E-state index < -0.39 is 5.97 Å². The first-order chi connectivity index (χ1) is 10.6. The summed E-state index contributed by atoms with van der Waals surface area (Å²) in [5.74, 6) is -0.825. The number of methoxy groups -OCH3 is 2. The molecule has 0 saturated heterocycles. The summed E-state index contributed by atoms with van der Waals surface area (Å²) in [4.78, 5) is 25.6. The monoisotopic (exact) mass is 373 g/mol. The zero-order chi connectivity index (χ0) is 16.4. The molecule has 0 aliphatic heterocycles. The van der Waals surface area contributed by atoms with Crippen molar-refractivity contribution >= 4 is 27.8 Å². The quantitative estimate of drug-likeness (QED) is 0.616.